The van der Waals surface area contributed by atoms with Gasteiger partial charge in [-0.25, -0.2) is 0 Å². The molecule has 1 aliphatic heterocycles. The van der Waals surface area contributed by atoms with E-state index in [0.717, 1.165) is 34.4 Å². The third kappa shape index (κ3) is 2.12. The van der Waals surface area contributed by atoms with Gasteiger partial charge in [-0.2, -0.15) is 0 Å². The Morgan fingerprint density at radius 1 is 1.00 bits per heavy atom. The summed E-state index contributed by atoms with van der Waals surface area (Å²) < 4.78 is 12.3. The number of hydrogen-bond donors (Lipinski definition) is 1. The predicted molar refractivity (Wildman–Crippen MR) is 74.1 cm³/mol. The lowest BCUT2D eigenvalue weighted by Gasteiger charge is -2.35. The molecular formula is C14H18BrNO2. The summed E-state index contributed by atoms with van der Waals surface area (Å²) in [6.07, 6.45) is 5.80. The first-order valence-corrected chi connectivity index (χ1v) is 7.37. The average molecular weight is 312 g/mol. The summed E-state index contributed by atoms with van der Waals surface area (Å²) in [5.41, 5.74) is 7.53. The fourth-order valence-electron chi connectivity index (χ4n) is 2.90. The Bertz CT molecular complexity index is 455. The number of rotatable bonds is 1. The van der Waals surface area contributed by atoms with E-state index < -0.39 is 0 Å². The summed E-state index contributed by atoms with van der Waals surface area (Å²) in [4.78, 5) is 0. The summed E-state index contributed by atoms with van der Waals surface area (Å²) in [7, 11) is 0. The van der Waals surface area contributed by atoms with Gasteiger partial charge in [0.25, 0.3) is 0 Å². The SMILES string of the molecule is NC1(c2cc3c(cc2Br)OCCO3)CCCCC1. The van der Waals surface area contributed by atoms with E-state index in [0.29, 0.717) is 13.2 Å². The summed E-state index contributed by atoms with van der Waals surface area (Å²) in [5.74, 6) is 1.64. The molecule has 0 radical (unpaired) electrons. The molecule has 1 heterocycles. The van der Waals surface area contributed by atoms with Crippen LogP contribution < -0.4 is 15.2 Å². The van der Waals surface area contributed by atoms with E-state index in [1.807, 2.05) is 6.07 Å². The van der Waals surface area contributed by atoms with Gasteiger partial charge in [0.05, 0.1) is 0 Å². The van der Waals surface area contributed by atoms with Crippen molar-refractivity contribution in [2.75, 3.05) is 13.2 Å². The first kappa shape index (κ1) is 12.3. The molecule has 18 heavy (non-hydrogen) atoms. The van der Waals surface area contributed by atoms with E-state index in [1.54, 1.807) is 0 Å². The molecule has 0 spiro atoms. The van der Waals surface area contributed by atoms with Crippen molar-refractivity contribution in [2.45, 2.75) is 37.6 Å². The highest BCUT2D eigenvalue weighted by Gasteiger charge is 2.32. The lowest BCUT2D eigenvalue weighted by molar-refractivity contribution is 0.170. The van der Waals surface area contributed by atoms with Gasteiger partial charge < -0.3 is 15.2 Å². The van der Waals surface area contributed by atoms with Gasteiger partial charge in [-0.3, -0.25) is 0 Å². The second-order valence-electron chi connectivity index (χ2n) is 5.19. The van der Waals surface area contributed by atoms with Crippen LogP contribution >= 0.6 is 15.9 Å². The van der Waals surface area contributed by atoms with Gasteiger partial charge in [-0.1, -0.05) is 35.2 Å². The lowest BCUT2D eigenvalue weighted by atomic mass is 9.77. The third-order valence-electron chi connectivity index (χ3n) is 3.91. The normalized spacial score (nSPS) is 21.7. The number of benzene rings is 1. The van der Waals surface area contributed by atoms with Crippen molar-refractivity contribution in [3.8, 4) is 11.5 Å². The number of ether oxygens (including phenoxy) is 2. The minimum Gasteiger partial charge on any atom is -0.486 e. The Labute approximate surface area is 116 Å². The zero-order valence-corrected chi connectivity index (χ0v) is 12.0. The van der Waals surface area contributed by atoms with Crippen molar-refractivity contribution in [3.05, 3.63) is 22.2 Å². The van der Waals surface area contributed by atoms with Crippen LogP contribution in [0, 0.1) is 0 Å². The van der Waals surface area contributed by atoms with Crippen molar-refractivity contribution in [1.29, 1.82) is 0 Å². The van der Waals surface area contributed by atoms with Crippen molar-refractivity contribution in [2.24, 2.45) is 5.73 Å². The number of halogens is 1. The highest BCUT2D eigenvalue weighted by Crippen LogP contribution is 2.43. The highest BCUT2D eigenvalue weighted by atomic mass is 79.9. The maximum absolute atomic E-state index is 6.59. The summed E-state index contributed by atoms with van der Waals surface area (Å²) >= 11 is 3.63. The van der Waals surface area contributed by atoms with E-state index in [1.165, 1.54) is 19.3 Å². The molecule has 2 aliphatic rings. The molecule has 0 bridgehead atoms. The molecule has 2 N–H and O–H groups in total. The Kier molecular flexibility index (Phi) is 3.24. The van der Waals surface area contributed by atoms with Crippen LogP contribution in [-0.2, 0) is 5.54 Å². The van der Waals surface area contributed by atoms with E-state index in [-0.39, 0.29) is 5.54 Å². The second-order valence-corrected chi connectivity index (χ2v) is 6.05. The summed E-state index contributed by atoms with van der Waals surface area (Å²) in [6.45, 7) is 1.23. The summed E-state index contributed by atoms with van der Waals surface area (Å²) in [5, 5.41) is 0. The van der Waals surface area contributed by atoms with Gasteiger partial charge in [0.1, 0.15) is 13.2 Å². The van der Waals surface area contributed by atoms with Gasteiger partial charge >= 0.3 is 0 Å². The van der Waals surface area contributed by atoms with Crippen LogP contribution in [0.4, 0.5) is 0 Å². The molecule has 98 valence electrons. The van der Waals surface area contributed by atoms with E-state index in [4.69, 9.17) is 15.2 Å². The number of nitrogens with two attached hydrogens (primary N) is 1. The molecule has 1 fully saturated rings. The molecule has 3 nitrogen and oxygen atoms in total. The molecule has 1 aromatic carbocycles. The number of fused-ring (bicyclic) bond motifs is 1. The van der Waals surface area contributed by atoms with Crippen LogP contribution in [0.3, 0.4) is 0 Å². The number of hydrogen-bond acceptors (Lipinski definition) is 3. The highest BCUT2D eigenvalue weighted by molar-refractivity contribution is 9.10. The monoisotopic (exact) mass is 311 g/mol. The Balaban J connectivity index is 2.00. The molecule has 1 aromatic rings. The first-order chi connectivity index (χ1) is 8.69. The predicted octanol–water partition coefficient (Wildman–Crippen LogP) is 3.34. The zero-order valence-electron chi connectivity index (χ0n) is 10.4. The fraction of sp³-hybridized carbons (Fsp3) is 0.571. The molecule has 0 amide bonds. The Morgan fingerprint density at radius 2 is 1.61 bits per heavy atom. The fourth-order valence-corrected chi connectivity index (χ4v) is 3.61. The van der Waals surface area contributed by atoms with Crippen molar-refractivity contribution < 1.29 is 9.47 Å². The Hall–Kier alpha value is -0.740. The molecule has 0 atom stereocenters. The molecule has 1 saturated carbocycles. The van der Waals surface area contributed by atoms with Gasteiger partial charge in [0.2, 0.25) is 0 Å². The van der Waals surface area contributed by atoms with Crippen molar-refractivity contribution in [3.63, 3.8) is 0 Å². The molecule has 3 rings (SSSR count). The maximum atomic E-state index is 6.59. The largest absolute Gasteiger partial charge is 0.486 e. The van der Waals surface area contributed by atoms with Gasteiger partial charge in [0.15, 0.2) is 11.5 Å². The second kappa shape index (κ2) is 4.74. The topological polar surface area (TPSA) is 44.5 Å². The van der Waals surface area contributed by atoms with Crippen LogP contribution in [-0.4, -0.2) is 13.2 Å². The molecule has 0 unspecified atom stereocenters. The van der Waals surface area contributed by atoms with Crippen LogP contribution in [0.25, 0.3) is 0 Å². The average Bonchev–Trinajstić information content (AvgIpc) is 2.38. The lowest BCUT2D eigenvalue weighted by Crippen LogP contribution is -2.39. The third-order valence-corrected chi connectivity index (χ3v) is 4.57. The molecule has 0 aromatic heterocycles. The van der Waals surface area contributed by atoms with Crippen LogP contribution in [0.1, 0.15) is 37.7 Å². The quantitative estimate of drug-likeness (QED) is 0.865. The first-order valence-electron chi connectivity index (χ1n) is 6.58. The van der Waals surface area contributed by atoms with Gasteiger partial charge in [-0.05, 0) is 30.5 Å². The zero-order chi connectivity index (χ0) is 12.6. The van der Waals surface area contributed by atoms with Crippen LogP contribution in [0.15, 0.2) is 16.6 Å². The minimum absolute atomic E-state index is 0.215. The van der Waals surface area contributed by atoms with E-state index in [2.05, 4.69) is 22.0 Å². The van der Waals surface area contributed by atoms with Crippen LogP contribution in [0.2, 0.25) is 0 Å². The van der Waals surface area contributed by atoms with Gasteiger partial charge in [-0.15, -0.1) is 0 Å². The smallest absolute Gasteiger partial charge is 0.162 e. The maximum Gasteiger partial charge on any atom is 0.162 e. The standard InChI is InChI=1S/C14H18BrNO2/c15-11-9-13-12(17-6-7-18-13)8-10(11)14(16)4-2-1-3-5-14/h8-9H,1-7,16H2. The minimum atomic E-state index is -0.215. The van der Waals surface area contributed by atoms with Crippen molar-refractivity contribution >= 4 is 15.9 Å². The van der Waals surface area contributed by atoms with Crippen LogP contribution in [0.5, 0.6) is 11.5 Å². The molecule has 0 saturated heterocycles. The molecule has 4 heteroatoms. The van der Waals surface area contributed by atoms with E-state index in [9.17, 15) is 0 Å². The van der Waals surface area contributed by atoms with Gasteiger partial charge in [0, 0.05) is 10.0 Å². The molecular weight excluding hydrogens is 294 g/mol. The summed E-state index contributed by atoms with van der Waals surface area (Å²) in [6, 6.07) is 4.05. The Morgan fingerprint density at radius 3 is 2.28 bits per heavy atom. The van der Waals surface area contributed by atoms with Crippen molar-refractivity contribution in [1.82, 2.24) is 0 Å². The molecule has 1 aliphatic carbocycles. The van der Waals surface area contributed by atoms with E-state index >= 15 is 0 Å².